The zero-order valence-corrected chi connectivity index (χ0v) is 14.5. The standard InChI is InChI=1S/C17H32N2O4/c1-2-3-4-5-6-7-8-9-10-11-12-13-17(20)23-15-16(19-22)14-18-21/h16H,2-15H2,1H3. The molecule has 0 saturated carbocycles. The predicted octanol–water partition coefficient (Wildman–Crippen LogP) is 5.13. The lowest BCUT2D eigenvalue weighted by Gasteiger charge is -2.07. The Bertz CT molecular complexity index is 311. The van der Waals surface area contributed by atoms with E-state index in [0.29, 0.717) is 6.42 Å². The molecule has 0 aliphatic rings. The van der Waals surface area contributed by atoms with Crippen LogP contribution in [0.15, 0.2) is 10.4 Å². The van der Waals surface area contributed by atoms with Gasteiger partial charge in [-0.1, -0.05) is 81.5 Å². The normalized spacial score (nSPS) is 11.9. The van der Waals surface area contributed by atoms with Crippen LogP contribution in [0.1, 0.15) is 84.0 Å². The largest absolute Gasteiger partial charge is 0.463 e. The number of nitrogens with zero attached hydrogens (tertiary/aromatic N) is 2. The molecule has 0 fully saturated rings. The van der Waals surface area contributed by atoms with Crippen LogP contribution >= 0.6 is 0 Å². The minimum Gasteiger partial charge on any atom is -0.463 e. The van der Waals surface area contributed by atoms with Crippen molar-refractivity contribution in [2.24, 2.45) is 10.4 Å². The zero-order chi connectivity index (χ0) is 17.2. The summed E-state index contributed by atoms with van der Waals surface area (Å²) in [5.74, 6) is -0.333. The summed E-state index contributed by atoms with van der Waals surface area (Å²) < 4.78 is 4.91. The second kappa shape index (κ2) is 17.0. The molecule has 0 aromatic carbocycles. The number of unbranched alkanes of at least 4 members (excludes halogenated alkanes) is 10. The monoisotopic (exact) mass is 328 g/mol. The first-order chi connectivity index (χ1) is 11.2. The van der Waals surface area contributed by atoms with E-state index in [4.69, 9.17) is 4.74 Å². The lowest BCUT2D eigenvalue weighted by atomic mass is 10.1. The molecule has 6 nitrogen and oxygen atoms in total. The number of carbonyl (C=O) groups excluding carboxylic acids is 1. The molecule has 0 N–H and O–H groups in total. The average Bonchev–Trinajstić information content (AvgIpc) is 2.56. The van der Waals surface area contributed by atoms with Gasteiger partial charge in [0, 0.05) is 6.42 Å². The summed E-state index contributed by atoms with van der Waals surface area (Å²) >= 11 is 0. The Morgan fingerprint density at radius 2 is 1.39 bits per heavy atom. The second-order valence-electron chi connectivity index (χ2n) is 6.04. The summed E-state index contributed by atoms with van der Waals surface area (Å²) in [6.45, 7) is 1.84. The summed E-state index contributed by atoms with van der Waals surface area (Å²) in [6.07, 6.45) is 13.9. The van der Waals surface area contributed by atoms with E-state index in [9.17, 15) is 14.6 Å². The third kappa shape index (κ3) is 15.3. The van der Waals surface area contributed by atoms with E-state index < -0.39 is 6.04 Å². The van der Waals surface area contributed by atoms with E-state index in [0.717, 1.165) is 19.3 Å². The van der Waals surface area contributed by atoms with Gasteiger partial charge >= 0.3 is 5.97 Å². The van der Waals surface area contributed by atoms with Gasteiger partial charge in [-0.2, -0.15) is 9.81 Å². The maximum Gasteiger partial charge on any atom is 0.305 e. The average molecular weight is 328 g/mol. The fourth-order valence-corrected chi connectivity index (χ4v) is 2.40. The molecule has 0 heterocycles. The van der Waals surface area contributed by atoms with Crippen molar-refractivity contribution in [1.82, 2.24) is 0 Å². The van der Waals surface area contributed by atoms with Crippen LogP contribution in [0.4, 0.5) is 0 Å². The number of hydrogen-bond acceptors (Lipinski definition) is 6. The summed E-state index contributed by atoms with van der Waals surface area (Å²) in [4.78, 5) is 31.8. The van der Waals surface area contributed by atoms with E-state index in [1.807, 2.05) is 0 Å². The van der Waals surface area contributed by atoms with Crippen LogP contribution in [0, 0.1) is 9.81 Å². The molecule has 134 valence electrons. The Labute approximate surface area is 139 Å². The first-order valence-electron chi connectivity index (χ1n) is 9.01. The smallest absolute Gasteiger partial charge is 0.305 e. The Morgan fingerprint density at radius 3 is 1.87 bits per heavy atom. The molecule has 0 saturated heterocycles. The highest BCUT2D eigenvalue weighted by Crippen LogP contribution is 2.12. The Hall–Kier alpha value is -1.33. The molecule has 0 radical (unpaired) electrons. The van der Waals surface area contributed by atoms with Gasteiger partial charge in [-0.15, -0.1) is 0 Å². The van der Waals surface area contributed by atoms with Gasteiger partial charge in [0.2, 0.25) is 0 Å². The maximum atomic E-state index is 11.5. The third-order valence-electron chi connectivity index (χ3n) is 3.86. The number of rotatable bonds is 17. The second-order valence-corrected chi connectivity index (χ2v) is 6.04. The van der Waals surface area contributed by atoms with Crippen molar-refractivity contribution in [2.75, 3.05) is 13.2 Å². The molecule has 0 bridgehead atoms. The van der Waals surface area contributed by atoms with E-state index in [1.54, 1.807) is 0 Å². The van der Waals surface area contributed by atoms with Crippen LogP contribution in [-0.4, -0.2) is 25.2 Å². The lowest BCUT2D eigenvalue weighted by molar-refractivity contribution is -0.144. The van der Waals surface area contributed by atoms with E-state index in [2.05, 4.69) is 17.3 Å². The number of esters is 1. The number of hydrogen-bond donors (Lipinski definition) is 0. The topological polar surface area (TPSA) is 85.2 Å². The lowest BCUT2D eigenvalue weighted by Crippen LogP contribution is -2.19. The fraction of sp³-hybridized carbons (Fsp3) is 0.941. The highest BCUT2D eigenvalue weighted by Gasteiger charge is 2.12. The van der Waals surface area contributed by atoms with Crippen LogP contribution in [0.25, 0.3) is 0 Å². The van der Waals surface area contributed by atoms with Crippen LogP contribution in [0.2, 0.25) is 0 Å². The van der Waals surface area contributed by atoms with E-state index in [1.165, 1.54) is 51.4 Å². The van der Waals surface area contributed by atoms with Gasteiger partial charge in [0.25, 0.3) is 0 Å². The summed E-state index contributed by atoms with van der Waals surface area (Å²) in [7, 11) is 0. The fourth-order valence-electron chi connectivity index (χ4n) is 2.40. The summed E-state index contributed by atoms with van der Waals surface area (Å²) in [5.41, 5.74) is 0. The van der Waals surface area contributed by atoms with Crippen molar-refractivity contribution in [2.45, 2.75) is 90.0 Å². The minimum atomic E-state index is -0.853. The molecule has 6 heteroatoms. The van der Waals surface area contributed by atoms with Gasteiger partial charge in [-0.25, -0.2) is 0 Å². The molecule has 0 amide bonds. The van der Waals surface area contributed by atoms with Crippen molar-refractivity contribution in [1.29, 1.82) is 0 Å². The maximum absolute atomic E-state index is 11.5. The molecule has 0 rings (SSSR count). The van der Waals surface area contributed by atoms with Crippen molar-refractivity contribution in [3.8, 4) is 0 Å². The molecular weight excluding hydrogens is 296 g/mol. The predicted molar refractivity (Wildman–Crippen MR) is 92.3 cm³/mol. The summed E-state index contributed by atoms with van der Waals surface area (Å²) in [6, 6.07) is -0.853. The first-order valence-corrected chi connectivity index (χ1v) is 9.01. The van der Waals surface area contributed by atoms with Gasteiger partial charge in [0.1, 0.15) is 19.2 Å². The van der Waals surface area contributed by atoms with Gasteiger partial charge in [0.15, 0.2) is 0 Å². The van der Waals surface area contributed by atoms with Gasteiger partial charge in [0.05, 0.1) is 0 Å². The van der Waals surface area contributed by atoms with E-state index in [-0.39, 0.29) is 19.1 Å². The van der Waals surface area contributed by atoms with Crippen LogP contribution in [0.5, 0.6) is 0 Å². The SMILES string of the molecule is CCCCCCCCCCCCCC(=O)OCC(CN=O)N=O. The van der Waals surface area contributed by atoms with Gasteiger partial charge < -0.3 is 4.74 Å². The minimum absolute atomic E-state index is 0.147. The van der Waals surface area contributed by atoms with Crippen molar-refractivity contribution in [3.05, 3.63) is 9.81 Å². The molecule has 0 aliphatic heterocycles. The van der Waals surface area contributed by atoms with Gasteiger partial charge in [-0.05, 0) is 6.42 Å². The Kier molecular flexibility index (Phi) is 16.0. The zero-order valence-electron chi connectivity index (χ0n) is 14.5. The molecule has 1 atom stereocenters. The van der Waals surface area contributed by atoms with Crippen LogP contribution in [0.3, 0.4) is 0 Å². The molecular formula is C17H32N2O4. The van der Waals surface area contributed by atoms with Crippen molar-refractivity contribution >= 4 is 5.97 Å². The molecule has 0 aromatic rings. The Morgan fingerprint density at radius 1 is 0.870 bits per heavy atom. The molecule has 1 unspecified atom stereocenters. The molecule has 0 aliphatic carbocycles. The number of carbonyl (C=O) groups is 1. The third-order valence-corrected chi connectivity index (χ3v) is 3.86. The first kappa shape index (κ1) is 21.7. The molecule has 23 heavy (non-hydrogen) atoms. The van der Waals surface area contributed by atoms with Crippen molar-refractivity contribution in [3.63, 3.8) is 0 Å². The highest BCUT2D eigenvalue weighted by molar-refractivity contribution is 5.69. The quantitative estimate of drug-likeness (QED) is 0.210. The van der Waals surface area contributed by atoms with Crippen molar-refractivity contribution < 1.29 is 9.53 Å². The molecule has 0 spiro atoms. The number of ether oxygens (including phenoxy) is 1. The van der Waals surface area contributed by atoms with Crippen LogP contribution in [-0.2, 0) is 9.53 Å². The highest BCUT2D eigenvalue weighted by atomic mass is 16.5. The van der Waals surface area contributed by atoms with E-state index >= 15 is 0 Å². The van der Waals surface area contributed by atoms with Gasteiger partial charge in [-0.3, -0.25) is 4.79 Å². The summed E-state index contributed by atoms with van der Waals surface area (Å²) in [5, 5.41) is 5.27. The van der Waals surface area contributed by atoms with Crippen LogP contribution < -0.4 is 0 Å². The Balaban J connectivity index is 3.32. The molecule has 0 aromatic heterocycles. The number of nitroso groups, excluding NO2 is 2.